The first-order chi connectivity index (χ1) is 14.5. The van der Waals surface area contributed by atoms with Crippen molar-refractivity contribution in [2.75, 3.05) is 14.2 Å². The normalized spacial score (nSPS) is 20.0. The summed E-state index contributed by atoms with van der Waals surface area (Å²) in [6, 6.07) is 11.6. The topological polar surface area (TPSA) is 94.2 Å². The van der Waals surface area contributed by atoms with Crippen molar-refractivity contribution in [1.82, 2.24) is 10.2 Å². The lowest BCUT2D eigenvalue weighted by Gasteiger charge is -2.29. The first-order valence-corrected chi connectivity index (χ1v) is 9.63. The van der Waals surface area contributed by atoms with Crippen molar-refractivity contribution in [3.8, 4) is 11.5 Å². The Morgan fingerprint density at radius 2 is 1.90 bits per heavy atom. The standard InChI is InChI=1S/C22H22N2O6/c1-28-17-9-7-13(11-18(17)29-2)12-23-20(26)16-8-10-19(25)24(16)21-14-5-3-4-6-15(14)22(27)30-21/h3-7,9,11,16,21H,8,10,12H2,1-2H3,(H,23,26)/t16-,21-/m1/s1. The van der Waals surface area contributed by atoms with Gasteiger partial charge in [0.05, 0.1) is 19.8 Å². The highest BCUT2D eigenvalue weighted by molar-refractivity contribution is 5.96. The van der Waals surface area contributed by atoms with Gasteiger partial charge in [0, 0.05) is 18.5 Å². The smallest absolute Gasteiger partial charge is 0.340 e. The maximum absolute atomic E-state index is 12.9. The predicted molar refractivity (Wildman–Crippen MR) is 106 cm³/mol. The van der Waals surface area contributed by atoms with Crippen LogP contribution >= 0.6 is 0 Å². The van der Waals surface area contributed by atoms with E-state index in [-0.39, 0.29) is 24.8 Å². The highest BCUT2D eigenvalue weighted by atomic mass is 16.6. The molecule has 2 aliphatic heterocycles. The highest BCUT2D eigenvalue weighted by Gasteiger charge is 2.46. The molecule has 0 unspecified atom stereocenters. The van der Waals surface area contributed by atoms with E-state index < -0.39 is 18.2 Å². The van der Waals surface area contributed by atoms with Crippen LogP contribution in [0.1, 0.15) is 40.6 Å². The molecule has 1 saturated heterocycles. The molecule has 2 aromatic carbocycles. The molecule has 0 spiro atoms. The highest BCUT2D eigenvalue weighted by Crippen LogP contribution is 2.38. The Kier molecular flexibility index (Phi) is 5.31. The molecular weight excluding hydrogens is 388 g/mol. The lowest BCUT2D eigenvalue weighted by atomic mass is 10.1. The fourth-order valence-electron chi connectivity index (χ4n) is 3.88. The maximum atomic E-state index is 12.9. The van der Waals surface area contributed by atoms with Crippen LogP contribution in [-0.4, -0.2) is 42.9 Å². The van der Waals surface area contributed by atoms with Gasteiger partial charge < -0.3 is 19.5 Å². The van der Waals surface area contributed by atoms with Crippen LogP contribution in [0.15, 0.2) is 42.5 Å². The number of likely N-dealkylation sites (tertiary alicyclic amines) is 1. The zero-order valence-electron chi connectivity index (χ0n) is 16.7. The maximum Gasteiger partial charge on any atom is 0.340 e. The molecule has 4 rings (SSSR count). The van der Waals surface area contributed by atoms with Gasteiger partial charge in [0.2, 0.25) is 18.0 Å². The molecule has 0 bridgehead atoms. The molecule has 8 nitrogen and oxygen atoms in total. The van der Waals surface area contributed by atoms with Crippen molar-refractivity contribution in [3.05, 3.63) is 59.2 Å². The predicted octanol–water partition coefficient (Wildman–Crippen LogP) is 2.18. The van der Waals surface area contributed by atoms with E-state index >= 15 is 0 Å². The molecule has 0 aromatic heterocycles. The van der Waals surface area contributed by atoms with Gasteiger partial charge in [-0.15, -0.1) is 0 Å². The summed E-state index contributed by atoms with van der Waals surface area (Å²) in [7, 11) is 3.10. The van der Waals surface area contributed by atoms with Crippen LogP contribution in [0.2, 0.25) is 0 Å². The van der Waals surface area contributed by atoms with E-state index in [0.29, 0.717) is 29.0 Å². The number of ether oxygens (including phenoxy) is 3. The van der Waals surface area contributed by atoms with Crippen LogP contribution < -0.4 is 14.8 Å². The largest absolute Gasteiger partial charge is 0.493 e. The minimum absolute atomic E-state index is 0.212. The molecule has 0 saturated carbocycles. The minimum atomic E-state index is -0.875. The van der Waals surface area contributed by atoms with E-state index in [0.717, 1.165) is 5.56 Å². The zero-order chi connectivity index (χ0) is 21.3. The fraction of sp³-hybridized carbons (Fsp3) is 0.318. The number of carbonyl (C=O) groups is 3. The third-order valence-electron chi connectivity index (χ3n) is 5.39. The molecule has 1 fully saturated rings. The quantitative estimate of drug-likeness (QED) is 0.734. The molecule has 2 aliphatic rings. The molecule has 2 amide bonds. The molecule has 2 aromatic rings. The lowest BCUT2D eigenvalue weighted by molar-refractivity contribution is -0.145. The van der Waals surface area contributed by atoms with E-state index in [2.05, 4.69) is 5.32 Å². The molecule has 156 valence electrons. The van der Waals surface area contributed by atoms with E-state index in [1.807, 2.05) is 6.07 Å². The van der Waals surface area contributed by atoms with E-state index in [1.165, 1.54) is 4.90 Å². The SMILES string of the molecule is COc1ccc(CNC(=O)[C@H]2CCC(=O)N2[C@@H]2OC(=O)c3ccccc32)cc1OC. The average molecular weight is 410 g/mol. The van der Waals surface area contributed by atoms with Crippen molar-refractivity contribution in [1.29, 1.82) is 0 Å². The third-order valence-corrected chi connectivity index (χ3v) is 5.39. The number of methoxy groups -OCH3 is 2. The van der Waals surface area contributed by atoms with Gasteiger partial charge in [-0.2, -0.15) is 0 Å². The zero-order valence-corrected chi connectivity index (χ0v) is 16.7. The second-order valence-corrected chi connectivity index (χ2v) is 7.11. The van der Waals surface area contributed by atoms with Crippen LogP contribution in [0, 0.1) is 0 Å². The summed E-state index contributed by atoms with van der Waals surface area (Å²) < 4.78 is 15.9. The van der Waals surface area contributed by atoms with Crippen LogP contribution in [0.25, 0.3) is 0 Å². The number of amides is 2. The van der Waals surface area contributed by atoms with Gasteiger partial charge in [-0.1, -0.05) is 24.3 Å². The van der Waals surface area contributed by atoms with Gasteiger partial charge in [0.1, 0.15) is 6.04 Å². The van der Waals surface area contributed by atoms with Gasteiger partial charge >= 0.3 is 5.97 Å². The minimum Gasteiger partial charge on any atom is -0.493 e. The number of hydrogen-bond acceptors (Lipinski definition) is 6. The van der Waals surface area contributed by atoms with Crippen molar-refractivity contribution in [3.63, 3.8) is 0 Å². The fourth-order valence-corrected chi connectivity index (χ4v) is 3.88. The van der Waals surface area contributed by atoms with Gasteiger partial charge in [-0.05, 0) is 30.2 Å². The van der Waals surface area contributed by atoms with Crippen LogP contribution in [0.5, 0.6) is 11.5 Å². The van der Waals surface area contributed by atoms with E-state index in [9.17, 15) is 14.4 Å². The van der Waals surface area contributed by atoms with E-state index in [1.54, 1.807) is 50.6 Å². The Morgan fingerprint density at radius 1 is 1.13 bits per heavy atom. The molecule has 8 heteroatoms. The first kappa shape index (κ1) is 19.8. The van der Waals surface area contributed by atoms with Crippen molar-refractivity contribution in [2.24, 2.45) is 0 Å². The number of nitrogens with zero attached hydrogens (tertiary/aromatic N) is 1. The van der Waals surface area contributed by atoms with Gasteiger partial charge in [0.15, 0.2) is 11.5 Å². The van der Waals surface area contributed by atoms with Crippen LogP contribution in [0.4, 0.5) is 0 Å². The number of carbonyl (C=O) groups excluding carboxylic acids is 3. The summed E-state index contributed by atoms with van der Waals surface area (Å²) in [6.07, 6.45) is -0.280. The molecule has 1 N–H and O–H groups in total. The van der Waals surface area contributed by atoms with Crippen LogP contribution in [-0.2, 0) is 20.9 Å². The third kappa shape index (κ3) is 3.45. The molecule has 2 heterocycles. The van der Waals surface area contributed by atoms with Crippen molar-refractivity contribution < 1.29 is 28.6 Å². The summed E-state index contributed by atoms with van der Waals surface area (Å²) in [5, 5.41) is 2.87. The first-order valence-electron chi connectivity index (χ1n) is 9.63. The summed E-state index contributed by atoms with van der Waals surface area (Å²) in [5.74, 6) is 0.171. The molecule has 30 heavy (non-hydrogen) atoms. The number of esters is 1. The Bertz CT molecular complexity index is 1000. The summed E-state index contributed by atoms with van der Waals surface area (Å²) in [4.78, 5) is 39.0. The number of cyclic esters (lactones) is 1. The Morgan fingerprint density at radius 3 is 2.67 bits per heavy atom. The second-order valence-electron chi connectivity index (χ2n) is 7.11. The molecule has 2 atom stereocenters. The van der Waals surface area contributed by atoms with Crippen LogP contribution in [0.3, 0.4) is 0 Å². The number of nitrogens with one attached hydrogen (secondary N) is 1. The van der Waals surface area contributed by atoms with Gasteiger partial charge in [-0.25, -0.2) is 4.79 Å². The number of fused-ring (bicyclic) bond motifs is 1. The summed E-state index contributed by atoms with van der Waals surface area (Å²) >= 11 is 0. The van der Waals surface area contributed by atoms with E-state index in [4.69, 9.17) is 14.2 Å². The number of benzene rings is 2. The van der Waals surface area contributed by atoms with Crippen molar-refractivity contribution in [2.45, 2.75) is 31.7 Å². The lowest BCUT2D eigenvalue weighted by Crippen LogP contribution is -2.46. The Labute approximate surface area is 173 Å². The molecule has 0 radical (unpaired) electrons. The molecule has 0 aliphatic carbocycles. The van der Waals surface area contributed by atoms with Gasteiger partial charge in [-0.3, -0.25) is 14.5 Å². The van der Waals surface area contributed by atoms with Crippen molar-refractivity contribution >= 4 is 17.8 Å². The molecular formula is C22H22N2O6. The summed E-state index contributed by atoms with van der Waals surface area (Å²) in [5.41, 5.74) is 1.86. The monoisotopic (exact) mass is 410 g/mol. The average Bonchev–Trinajstić information content (AvgIpc) is 3.31. The Balaban J connectivity index is 1.49. The second kappa shape index (κ2) is 8.06. The summed E-state index contributed by atoms with van der Waals surface area (Å²) in [6.45, 7) is 0.263. The van der Waals surface area contributed by atoms with Gasteiger partial charge in [0.25, 0.3) is 0 Å². The number of hydrogen-bond donors (Lipinski definition) is 1. The Hall–Kier alpha value is -3.55. The number of rotatable bonds is 6.